The fourth-order valence-electron chi connectivity index (χ4n) is 0.858. The Hall–Kier alpha value is -0.200. The van der Waals surface area contributed by atoms with Crippen molar-refractivity contribution in [3.05, 3.63) is 0 Å². The minimum absolute atomic E-state index is 0.149. The molecule has 1 aliphatic rings. The standard InChI is InChI=1S/C8H16O5/c9-3-8(4-10,5-11)6-12-1-7-2-13-7/h7,9-11H,1-6H2. The smallest absolute Gasteiger partial charge is 0.104 e. The monoisotopic (exact) mass is 192 g/mol. The Balaban J connectivity index is 2.19. The van der Waals surface area contributed by atoms with Gasteiger partial charge in [-0.25, -0.2) is 0 Å². The fourth-order valence-corrected chi connectivity index (χ4v) is 0.858. The van der Waals surface area contributed by atoms with Gasteiger partial charge in [0.25, 0.3) is 0 Å². The van der Waals surface area contributed by atoms with Crippen LogP contribution in [-0.4, -0.2) is 61.1 Å². The number of hydrogen-bond acceptors (Lipinski definition) is 5. The average molecular weight is 192 g/mol. The molecule has 78 valence electrons. The number of hydrogen-bond donors (Lipinski definition) is 3. The van der Waals surface area contributed by atoms with Crippen molar-refractivity contribution in [3.8, 4) is 0 Å². The van der Waals surface area contributed by atoms with Crippen LogP contribution >= 0.6 is 0 Å². The fraction of sp³-hybridized carbons (Fsp3) is 1.00. The van der Waals surface area contributed by atoms with Crippen molar-refractivity contribution in [3.63, 3.8) is 0 Å². The molecule has 3 N–H and O–H groups in total. The van der Waals surface area contributed by atoms with Crippen LogP contribution in [0.1, 0.15) is 0 Å². The number of rotatable bonds is 7. The van der Waals surface area contributed by atoms with Gasteiger partial charge in [0.05, 0.1) is 45.1 Å². The Bertz CT molecular complexity index is 133. The zero-order valence-corrected chi connectivity index (χ0v) is 7.48. The molecular weight excluding hydrogens is 176 g/mol. The maximum atomic E-state index is 8.93. The van der Waals surface area contributed by atoms with Gasteiger partial charge in [0.1, 0.15) is 6.10 Å². The predicted molar refractivity (Wildman–Crippen MR) is 44.2 cm³/mol. The summed E-state index contributed by atoms with van der Waals surface area (Å²) in [5.74, 6) is 0. The maximum absolute atomic E-state index is 8.93. The third-order valence-corrected chi connectivity index (χ3v) is 2.12. The number of aliphatic hydroxyl groups excluding tert-OH is 3. The zero-order chi connectivity index (χ0) is 9.73. The highest BCUT2D eigenvalue weighted by atomic mass is 16.6. The lowest BCUT2D eigenvalue weighted by molar-refractivity contribution is -0.0598. The highest BCUT2D eigenvalue weighted by Crippen LogP contribution is 2.16. The zero-order valence-electron chi connectivity index (χ0n) is 7.48. The molecular formula is C8H16O5. The van der Waals surface area contributed by atoms with Crippen molar-refractivity contribution in [1.82, 2.24) is 0 Å². The van der Waals surface area contributed by atoms with Crippen LogP contribution in [0.5, 0.6) is 0 Å². The molecule has 1 atom stereocenters. The molecule has 1 rings (SSSR count). The lowest BCUT2D eigenvalue weighted by Crippen LogP contribution is -2.39. The number of aliphatic hydroxyl groups is 3. The van der Waals surface area contributed by atoms with E-state index in [-0.39, 0.29) is 32.5 Å². The molecule has 0 aromatic heterocycles. The highest BCUT2D eigenvalue weighted by molar-refractivity contribution is 4.77. The van der Waals surface area contributed by atoms with Gasteiger partial charge in [0, 0.05) is 0 Å². The van der Waals surface area contributed by atoms with E-state index in [2.05, 4.69) is 0 Å². The quantitative estimate of drug-likeness (QED) is 0.422. The molecule has 0 aromatic carbocycles. The van der Waals surface area contributed by atoms with Crippen molar-refractivity contribution in [2.24, 2.45) is 5.41 Å². The molecule has 0 radical (unpaired) electrons. The molecule has 0 amide bonds. The second-order valence-electron chi connectivity index (χ2n) is 3.44. The maximum Gasteiger partial charge on any atom is 0.104 e. The van der Waals surface area contributed by atoms with Gasteiger partial charge < -0.3 is 24.8 Å². The first kappa shape index (κ1) is 10.9. The average Bonchev–Trinajstić information content (AvgIpc) is 2.97. The van der Waals surface area contributed by atoms with Gasteiger partial charge in [-0.05, 0) is 0 Å². The van der Waals surface area contributed by atoms with Crippen molar-refractivity contribution in [2.45, 2.75) is 6.10 Å². The van der Waals surface area contributed by atoms with Gasteiger partial charge >= 0.3 is 0 Å². The van der Waals surface area contributed by atoms with E-state index in [1.807, 2.05) is 0 Å². The van der Waals surface area contributed by atoms with E-state index in [9.17, 15) is 0 Å². The largest absolute Gasteiger partial charge is 0.396 e. The molecule has 5 nitrogen and oxygen atoms in total. The minimum atomic E-state index is -0.922. The van der Waals surface area contributed by atoms with E-state index in [4.69, 9.17) is 24.8 Å². The highest BCUT2D eigenvalue weighted by Gasteiger charge is 2.30. The predicted octanol–water partition coefficient (Wildman–Crippen LogP) is -1.63. The van der Waals surface area contributed by atoms with Crippen molar-refractivity contribution in [2.75, 3.05) is 39.6 Å². The van der Waals surface area contributed by atoms with Crippen LogP contribution in [-0.2, 0) is 9.47 Å². The second-order valence-corrected chi connectivity index (χ2v) is 3.44. The molecule has 0 bridgehead atoms. The van der Waals surface area contributed by atoms with Crippen LogP contribution in [0, 0.1) is 5.41 Å². The van der Waals surface area contributed by atoms with Gasteiger partial charge in [0.15, 0.2) is 0 Å². The summed E-state index contributed by atoms with van der Waals surface area (Å²) in [5, 5.41) is 26.8. The second kappa shape index (κ2) is 4.88. The van der Waals surface area contributed by atoms with Gasteiger partial charge in [-0.1, -0.05) is 0 Å². The summed E-state index contributed by atoms with van der Waals surface area (Å²) in [6.45, 7) is 0.463. The normalized spacial score (nSPS) is 21.9. The Morgan fingerprint density at radius 3 is 2.15 bits per heavy atom. The van der Waals surface area contributed by atoms with Crippen molar-refractivity contribution < 1.29 is 24.8 Å². The van der Waals surface area contributed by atoms with Crippen LogP contribution in [0.4, 0.5) is 0 Å². The molecule has 0 saturated carbocycles. The Morgan fingerprint density at radius 2 is 1.77 bits per heavy atom. The summed E-state index contributed by atoms with van der Waals surface area (Å²) in [6.07, 6.45) is 0.161. The van der Waals surface area contributed by atoms with Crippen LogP contribution in [0.2, 0.25) is 0 Å². The Kier molecular flexibility index (Phi) is 4.08. The SMILES string of the molecule is OCC(CO)(CO)COCC1CO1. The lowest BCUT2D eigenvalue weighted by Gasteiger charge is -2.26. The lowest BCUT2D eigenvalue weighted by atomic mass is 9.93. The van der Waals surface area contributed by atoms with E-state index in [0.717, 1.165) is 0 Å². The molecule has 0 spiro atoms. The van der Waals surface area contributed by atoms with Gasteiger partial charge in [-0.2, -0.15) is 0 Å². The summed E-state index contributed by atoms with van der Waals surface area (Å²) in [6, 6.07) is 0. The first-order valence-electron chi connectivity index (χ1n) is 4.28. The van der Waals surface area contributed by atoms with Crippen LogP contribution in [0.25, 0.3) is 0 Å². The summed E-state index contributed by atoms with van der Waals surface area (Å²) in [7, 11) is 0. The summed E-state index contributed by atoms with van der Waals surface area (Å²) >= 11 is 0. The van der Waals surface area contributed by atoms with E-state index in [1.54, 1.807) is 0 Å². The first-order valence-corrected chi connectivity index (χ1v) is 4.28. The summed E-state index contributed by atoms with van der Waals surface area (Å²) < 4.78 is 10.1. The van der Waals surface area contributed by atoms with Crippen LogP contribution in [0.3, 0.4) is 0 Å². The van der Waals surface area contributed by atoms with Gasteiger partial charge in [-0.15, -0.1) is 0 Å². The third-order valence-electron chi connectivity index (χ3n) is 2.12. The van der Waals surface area contributed by atoms with Crippen molar-refractivity contribution >= 4 is 0 Å². The van der Waals surface area contributed by atoms with E-state index in [1.165, 1.54) is 0 Å². The topological polar surface area (TPSA) is 82.5 Å². The molecule has 1 fully saturated rings. The molecule has 1 unspecified atom stereocenters. The molecule has 1 heterocycles. The van der Waals surface area contributed by atoms with E-state index in [0.29, 0.717) is 13.2 Å². The van der Waals surface area contributed by atoms with E-state index < -0.39 is 5.41 Å². The Labute approximate surface area is 76.9 Å². The third kappa shape index (κ3) is 3.21. The number of ether oxygens (including phenoxy) is 2. The molecule has 0 aliphatic carbocycles. The molecule has 1 saturated heterocycles. The number of epoxide rings is 1. The van der Waals surface area contributed by atoms with Gasteiger partial charge in [-0.3, -0.25) is 0 Å². The Morgan fingerprint density at radius 1 is 1.23 bits per heavy atom. The molecule has 13 heavy (non-hydrogen) atoms. The van der Waals surface area contributed by atoms with Crippen LogP contribution < -0.4 is 0 Å². The summed E-state index contributed by atoms with van der Waals surface area (Å²) in [5.41, 5.74) is -0.922. The molecule has 1 aliphatic heterocycles. The molecule has 5 heteroatoms. The summed E-state index contributed by atoms with van der Waals surface area (Å²) in [4.78, 5) is 0. The first-order chi connectivity index (χ1) is 6.26. The van der Waals surface area contributed by atoms with Crippen LogP contribution in [0.15, 0.2) is 0 Å². The van der Waals surface area contributed by atoms with E-state index >= 15 is 0 Å². The minimum Gasteiger partial charge on any atom is -0.396 e. The molecule has 0 aromatic rings. The van der Waals surface area contributed by atoms with Gasteiger partial charge in [0.2, 0.25) is 0 Å². The van der Waals surface area contributed by atoms with Crippen molar-refractivity contribution in [1.29, 1.82) is 0 Å².